The van der Waals surface area contributed by atoms with Gasteiger partial charge in [-0.2, -0.15) is 9.78 Å². The van der Waals surface area contributed by atoms with Crippen LogP contribution in [0.2, 0.25) is 0 Å². The lowest BCUT2D eigenvalue weighted by Crippen LogP contribution is -2.41. The van der Waals surface area contributed by atoms with Gasteiger partial charge in [0.15, 0.2) is 0 Å². The molecule has 25 heavy (non-hydrogen) atoms. The van der Waals surface area contributed by atoms with Crippen molar-refractivity contribution in [3.8, 4) is 0 Å². The van der Waals surface area contributed by atoms with Gasteiger partial charge in [0.25, 0.3) is 0 Å². The lowest BCUT2D eigenvalue weighted by atomic mass is 10.0. The highest BCUT2D eigenvalue weighted by atomic mass is 17.3. The van der Waals surface area contributed by atoms with Crippen LogP contribution in [0, 0.1) is 0 Å². The molecule has 0 rings (SSSR count). The molecular formula is C21H44O4. The summed E-state index contributed by atoms with van der Waals surface area (Å²) in [7, 11) is 0. The summed E-state index contributed by atoms with van der Waals surface area (Å²) >= 11 is 0. The van der Waals surface area contributed by atoms with Crippen LogP contribution in [0.3, 0.4) is 0 Å². The minimum atomic E-state index is -0.843. The molecule has 0 aliphatic rings. The van der Waals surface area contributed by atoms with E-state index >= 15 is 0 Å². The summed E-state index contributed by atoms with van der Waals surface area (Å²) in [6, 6.07) is 0. The predicted octanol–water partition coefficient (Wildman–Crippen LogP) is 7.12. The van der Waals surface area contributed by atoms with Gasteiger partial charge in [-0.3, -0.25) is 0 Å². The van der Waals surface area contributed by atoms with Crippen LogP contribution in [-0.2, 0) is 19.6 Å². The van der Waals surface area contributed by atoms with Gasteiger partial charge in [-0.1, -0.05) is 59.8 Å². The molecule has 0 spiro atoms. The molecule has 4 nitrogen and oxygen atoms in total. The highest BCUT2D eigenvalue weighted by molar-refractivity contribution is 4.70. The van der Waals surface area contributed by atoms with Crippen molar-refractivity contribution in [2.75, 3.05) is 0 Å². The van der Waals surface area contributed by atoms with Crippen LogP contribution in [0.25, 0.3) is 0 Å². The van der Waals surface area contributed by atoms with Crippen molar-refractivity contribution < 1.29 is 19.6 Å². The first-order chi connectivity index (χ1) is 11.7. The minimum absolute atomic E-state index is 0.332. The third kappa shape index (κ3) is 11.2. The van der Waals surface area contributed by atoms with Gasteiger partial charge in [-0.05, 0) is 47.0 Å². The van der Waals surface area contributed by atoms with Crippen molar-refractivity contribution in [1.29, 1.82) is 0 Å². The quantitative estimate of drug-likeness (QED) is 0.127. The van der Waals surface area contributed by atoms with E-state index in [2.05, 4.69) is 55.4 Å². The lowest BCUT2D eigenvalue weighted by Gasteiger charge is -2.36. The van der Waals surface area contributed by atoms with E-state index in [4.69, 9.17) is 19.6 Å². The number of rotatable bonds is 16. The van der Waals surface area contributed by atoms with E-state index in [0.717, 1.165) is 38.5 Å². The van der Waals surface area contributed by atoms with E-state index < -0.39 is 5.79 Å². The Morgan fingerprint density at radius 3 is 1.36 bits per heavy atom. The SMILES string of the molecule is CCCCCCC(CC)(OOC(C)(C)CCC)OOC(C)(C)CCC. The topological polar surface area (TPSA) is 36.9 Å². The van der Waals surface area contributed by atoms with E-state index in [1.54, 1.807) is 0 Å². The summed E-state index contributed by atoms with van der Waals surface area (Å²) in [5, 5.41) is 0. The standard InChI is InChI=1S/C21H44O4/c1-9-13-14-15-18-21(12-4,24-22-19(5,6)16-10-2)25-23-20(7,8)17-11-3/h9-18H2,1-8H3. The van der Waals surface area contributed by atoms with E-state index in [1.807, 2.05) is 0 Å². The highest BCUT2D eigenvalue weighted by Gasteiger charge is 2.37. The molecule has 0 aromatic rings. The van der Waals surface area contributed by atoms with Crippen LogP contribution in [0.1, 0.15) is 120 Å². The Labute approximate surface area is 156 Å². The van der Waals surface area contributed by atoms with E-state index in [-0.39, 0.29) is 11.2 Å². The van der Waals surface area contributed by atoms with Crippen LogP contribution in [0.4, 0.5) is 0 Å². The monoisotopic (exact) mass is 360 g/mol. The molecule has 0 bridgehead atoms. The zero-order valence-corrected chi connectivity index (χ0v) is 18.2. The van der Waals surface area contributed by atoms with Crippen molar-refractivity contribution in [2.24, 2.45) is 0 Å². The Morgan fingerprint density at radius 2 is 1.00 bits per heavy atom. The molecule has 0 heterocycles. The maximum atomic E-state index is 5.90. The smallest absolute Gasteiger partial charge is 0.228 e. The molecular weight excluding hydrogens is 316 g/mol. The fourth-order valence-electron chi connectivity index (χ4n) is 2.88. The van der Waals surface area contributed by atoms with E-state index in [0.29, 0.717) is 6.42 Å². The summed E-state index contributed by atoms with van der Waals surface area (Å²) in [6.07, 6.45) is 10.1. The van der Waals surface area contributed by atoms with Crippen molar-refractivity contribution in [3.63, 3.8) is 0 Å². The molecule has 0 radical (unpaired) electrons. The molecule has 0 atom stereocenters. The van der Waals surface area contributed by atoms with Gasteiger partial charge in [0, 0.05) is 12.8 Å². The van der Waals surface area contributed by atoms with Crippen LogP contribution in [0.15, 0.2) is 0 Å². The summed E-state index contributed by atoms with van der Waals surface area (Å²) in [5.41, 5.74) is -0.665. The minimum Gasteiger partial charge on any atom is -0.228 e. The van der Waals surface area contributed by atoms with Gasteiger partial charge < -0.3 is 0 Å². The zero-order valence-electron chi connectivity index (χ0n) is 18.2. The molecule has 0 amide bonds. The Hall–Kier alpha value is -0.160. The van der Waals surface area contributed by atoms with E-state index in [1.165, 1.54) is 19.3 Å². The number of unbranched alkanes of at least 4 members (excludes halogenated alkanes) is 3. The normalized spacial score (nSPS) is 13.4. The Bertz CT molecular complexity index is 304. The van der Waals surface area contributed by atoms with Crippen molar-refractivity contribution in [1.82, 2.24) is 0 Å². The molecule has 0 aromatic heterocycles. The lowest BCUT2D eigenvalue weighted by molar-refractivity contribution is -0.545. The van der Waals surface area contributed by atoms with Gasteiger partial charge in [0.2, 0.25) is 5.79 Å². The van der Waals surface area contributed by atoms with Gasteiger partial charge in [0.1, 0.15) is 0 Å². The van der Waals surface area contributed by atoms with Crippen LogP contribution < -0.4 is 0 Å². The highest BCUT2D eigenvalue weighted by Crippen LogP contribution is 2.32. The maximum absolute atomic E-state index is 5.90. The fourth-order valence-corrected chi connectivity index (χ4v) is 2.88. The second-order valence-electron chi connectivity index (χ2n) is 8.43. The molecule has 0 aromatic carbocycles. The van der Waals surface area contributed by atoms with Gasteiger partial charge in [0.05, 0.1) is 11.2 Å². The van der Waals surface area contributed by atoms with Crippen LogP contribution >= 0.6 is 0 Å². The fraction of sp³-hybridized carbons (Fsp3) is 1.00. The second kappa shape index (κ2) is 12.3. The Kier molecular flexibility index (Phi) is 12.2. The van der Waals surface area contributed by atoms with Gasteiger partial charge in [-0.15, -0.1) is 0 Å². The molecule has 0 aliphatic heterocycles. The molecule has 0 unspecified atom stereocenters. The Balaban J connectivity index is 4.91. The summed E-state index contributed by atoms with van der Waals surface area (Å²) in [5.74, 6) is -0.843. The van der Waals surface area contributed by atoms with Crippen molar-refractivity contribution >= 4 is 0 Å². The molecule has 0 aliphatic carbocycles. The van der Waals surface area contributed by atoms with Gasteiger partial charge in [-0.25, -0.2) is 9.78 Å². The Morgan fingerprint density at radius 1 is 0.520 bits per heavy atom. The maximum Gasteiger partial charge on any atom is 0.233 e. The first-order valence-corrected chi connectivity index (χ1v) is 10.4. The average molecular weight is 361 g/mol. The van der Waals surface area contributed by atoms with Crippen LogP contribution in [-0.4, -0.2) is 17.0 Å². The molecule has 0 saturated heterocycles. The summed E-state index contributed by atoms with van der Waals surface area (Å²) in [6.45, 7) is 16.8. The van der Waals surface area contributed by atoms with Crippen molar-refractivity contribution in [2.45, 2.75) is 137 Å². The zero-order chi connectivity index (χ0) is 19.4. The van der Waals surface area contributed by atoms with Crippen molar-refractivity contribution in [3.05, 3.63) is 0 Å². The first-order valence-electron chi connectivity index (χ1n) is 10.4. The predicted molar refractivity (Wildman–Crippen MR) is 104 cm³/mol. The number of hydrogen-bond acceptors (Lipinski definition) is 4. The summed E-state index contributed by atoms with van der Waals surface area (Å²) < 4.78 is 0. The molecule has 0 fully saturated rings. The molecule has 0 saturated carbocycles. The second-order valence-corrected chi connectivity index (χ2v) is 8.43. The van der Waals surface area contributed by atoms with Crippen LogP contribution in [0.5, 0.6) is 0 Å². The molecule has 4 heteroatoms. The summed E-state index contributed by atoms with van der Waals surface area (Å²) in [4.78, 5) is 23.4. The average Bonchev–Trinajstić information content (AvgIpc) is 2.54. The third-order valence-corrected chi connectivity index (χ3v) is 4.49. The largest absolute Gasteiger partial charge is 0.233 e. The van der Waals surface area contributed by atoms with Gasteiger partial charge >= 0.3 is 0 Å². The molecule has 0 N–H and O–H groups in total. The van der Waals surface area contributed by atoms with E-state index in [9.17, 15) is 0 Å². The number of hydrogen-bond donors (Lipinski definition) is 0. The first kappa shape index (κ1) is 24.8. The third-order valence-electron chi connectivity index (χ3n) is 4.49. The molecule has 152 valence electrons.